The van der Waals surface area contributed by atoms with Crippen molar-refractivity contribution in [1.82, 2.24) is 4.90 Å². The number of hydrogen-bond donors (Lipinski definition) is 2. The van der Waals surface area contributed by atoms with Crippen LogP contribution in [0, 0.1) is 5.92 Å². The monoisotopic (exact) mass is 275 g/mol. The molecule has 1 fully saturated rings. The van der Waals surface area contributed by atoms with Crippen molar-refractivity contribution in [2.75, 3.05) is 18.8 Å². The van der Waals surface area contributed by atoms with Gasteiger partial charge in [-0.2, -0.15) is 0 Å². The second-order valence-corrected chi connectivity index (χ2v) is 5.42. The highest BCUT2D eigenvalue weighted by Gasteiger charge is 2.29. The summed E-state index contributed by atoms with van der Waals surface area (Å²) >= 11 is 0. The fourth-order valence-electron chi connectivity index (χ4n) is 2.65. The Balaban J connectivity index is 2.08. The first-order valence-corrected chi connectivity index (χ1v) is 6.92. The van der Waals surface area contributed by atoms with Crippen LogP contribution < -0.4 is 11.5 Å². The SMILES string of the molecule is CC(C(=O)N1CCCC(C(N)=O)C1)c1cccc(N)c1. The number of rotatable bonds is 3. The first-order valence-electron chi connectivity index (χ1n) is 6.92. The number of nitrogens with zero attached hydrogens (tertiary/aromatic N) is 1. The average molecular weight is 275 g/mol. The minimum absolute atomic E-state index is 0.0292. The van der Waals surface area contributed by atoms with Gasteiger partial charge in [0.25, 0.3) is 0 Å². The first kappa shape index (κ1) is 14.4. The number of amides is 2. The van der Waals surface area contributed by atoms with E-state index < -0.39 is 0 Å². The Hall–Kier alpha value is -2.04. The van der Waals surface area contributed by atoms with Crippen molar-refractivity contribution < 1.29 is 9.59 Å². The lowest BCUT2D eigenvalue weighted by Gasteiger charge is -2.33. The van der Waals surface area contributed by atoms with Crippen LogP contribution in [0.15, 0.2) is 24.3 Å². The highest BCUT2D eigenvalue weighted by Crippen LogP contribution is 2.23. The summed E-state index contributed by atoms with van der Waals surface area (Å²) in [5.74, 6) is -0.772. The molecule has 1 heterocycles. The minimum atomic E-state index is -0.320. The Bertz CT molecular complexity index is 516. The number of likely N-dealkylation sites (tertiary alicyclic amines) is 1. The molecule has 2 rings (SSSR count). The van der Waals surface area contributed by atoms with E-state index in [0.717, 1.165) is 18.4 Å². The van der Waals surface area contributed by atoms with E-state index in [2.05, 4.69) is 0 Å². The number of benzene rings is 1. The van der Waals surface area contributed by atoms with E-state index >= 15 is 0 Å². The van der Waals surface area contributed by atoms with Crippen molar-refractivity contribution in [2.45, 2.75) is 25.7 Å². The molecule has 2 amide bonds. The number of anilines is 1. The highest BCUT2D eigenvalue weighted by atomic mass is 16.2. The minimum Gasteiger partial charge on any atom is -0.399 e. The van der Waals surface area contributed by atoms with Gasteiger partial charge in [-0.3, -0.25) is 9.59 Å². The van der Waals surface area contributed by atoms with Gasteiger partial charge in [-0.25, -0.2) is 0 Å². The van der Waals surface area contributed by atoms with Crippen LogP contribution in [0.5, 0.6) is 0 Å². The molecule has 2 unspecified atom stereocenters. The van der Waals surface area contributed by atoms with E-state index in [4.69, 9.17) is 11.5 Å². The van der Waals surface area contributed by atoms with Crippen molar-refractivity contribution in [3.63, 3.8) is 0 Å². The molecule has 5 nitrogen and oxygen atoms in total. The van der Waals surface area contributed by atoms with E-state index in [1.807, 2.05) is 25.1 Å². The van der Waals surface area contributed by atoms with Gasteiger partial charge >= 0.3 is 0 Å². The lowest BCUT2D eigenvalue weighted by Crippen LogP contribution is -2.45. The first-order chi connectivity index (χ1) is 9.49. The van der Waals surface area contributed by atoms with Gasteiger partial charge in [-0.15, -0.1) is 0 Å². The van der Waals surface area contributed by atoms with Crippen LogP contribution in [0.1, 0.15) is 31.2 Å². The molecule has 0 aromatic heterocycles. The van der Waals surface area contributed by atoms with E-state index in [0.29, 0.717) is 18.8 Å². The van der Waals surface area contributed by atoms with Crippen molar-refractivity contribution in [3.8, 4) is 0 Å². The molecular weight excluding hydrogens is 254 g/mol. The lowest BCUT2D eigenvalue weighted by atomic mass is 9.94. The maximum absolute atomic E-state index is 12.5. The Morgan fingerprint density at radius 1 is 1.40 bits per heavy atom. The Kier molecular flexibility index (Phi) is 4.27. The van der Waals surface area contributed by atoms with Crippen LogP contribution in [0.4, 0.5) is 5.69 Å². The molecule has 0 saturated carbocycles. The van der Waals surface area contributed by atoms with Crippen molar-refractivity contribution in [1.29, 1.82) is 0 Å². The smallest absolute Gasteiger partial charge is 0.229 e. The quantitative estimate of drug-likeness (QED) is 0.809. The molecule has 20 heavy (non-hydrogen) atoms. The fraction of sp³-hybridized carbons (Fsp3) is 0.467. The predicted molar refractivity (Wildman–Crippen MR) is 77.8 cm³/mol. The normalized spacial score (nSPS) is 20.4. The summed E-state index contributed by atoms with van der Waals surface area (Å²) in [5, 5.41) is 0. The molecule has 1 saturated heterocycles. The summed E-state index contributed by atoms with van der Waals surface area (Å²) in [4.78, 5) is 25.5. The van der Waals surface area contributed by atoms with Crippen LogP contribution in [-0.4, -0.2) is 29.8 Å². The van der Waals surface area contributed by atoms with Gasteiger partial charge in [0.1, 0.15) is 0 Å². The third kappa shape index (κ3) is 3.10. The summed E-state index contributed by atoms with van der Waals surface area (Å²) in [7, 11) is 0. The molecule has 4 N–H and O–H groups in total. The molecule has 1 aromatic rings. The zero-order valence-corrected chi connectivity index (χ0v) is 11.7. The molecule has 0 aliphatic carbocycles. The summed E-state index contributed by atoms with van der Waals surface area (Å²) in [6.45, 7) is 2.99. The zero-order valence-electron chi connectivity index (χ0n) is 11.7. The maximum Gasteiger partial charge on any atom is 0.229 e. The van der Waals surface area contributed by atoms with Gasteiger partial charge in [0, 0.05) is 18.8 Å². The van der Waals surface area contributed by atoms with Gasteiger partial charge in [-0.05, 0) is 37.5 Å². The summed E-state index contributed by atoms with van der Waals surface area (Å²) < 4.78 is 0. The fourth-order valence-corrected chi connectivity index (χ4v) is 2.65. The molecule has 0 spiro atoms. The second-order valence-electron chi connectivity index (χ2n) is 5.42. The molecule has 2 atom stereocenters. The molecule has 0 bridgehead atoms. The Morgan fingerprint density at radius 2 is 2.15 bits per heavy atom. The number of carbonyl (C=O) groups is 2. The van der Waals surface area contributed by atoms with Crippen LogP contribution in [0.3, 0.4) is 0 Å². The summed E-state index contributed by atoms with van der Waals surface area (Å²) in [6, 6.07) is 7.36. The number of piperidine rings is 1. The maximum atomic E-state index is 12.5. The Labute approximate surface area is 118 Å². The summed E-state index contributed by atoms with van der Waals surface area (Å²) in [6.07, 6.45) is 1.59. The largest absolute Gasteiger partial charge is 0.399 e. The standard InChI is InChI=1S/C15H21N3O2/c1-10(11-4-2-6-13(16)8-11)15(20)18-7-3-5-12(9-18)14(17)19/h2,4,6,8,10,12H,3,5,7,9,16H2,1H3,(H2,17,19). The molecule has 5 heteroatoms. The third-order valence-electron chi connectivity index (χ3n) is 3.92. The molecule has 1 aliphatic heterocycles. The highest BCUT2D eigenvalue weighted by molar-refractivity contribution is 5.85. The Morgan fingerprint density at radius 3 is 2.80 bits per heavy atom. The van der Waals surface area contributed by atoms with E-state index in [-0.39, 0.29) is 23.7 Å². The van der Waals surface area contributed by atoms with Crippen molar-refractivity contribution in [3.05, 3.63) is 29.8 Å². The third-order valence-corrected chi connectivity index (χ3v) is 3.92. The molecule has 1 aromatic carbocycles. The molecule has 108 valence electrons. The van der Waals surface area contributed by atoms with Crippen LogP contribution in [-0.2, 0) is 9.59 Å². The van der Waals surface area contributed by atoms with E-state index in [1.54, 1.807) is 11.0 Å². The van der Waals surface area contributed by atoms with Gasteiger partial charge < -0.3 is 16.4 Å². The zero-order chi connectivity index (χ0) is 14.7. The topological polar surface area (TPSA) is 89.4 Å². The number of nitrogen functional groups attached to an aromatic ring is 1. The lowest BCUT2D eigenvalue weighted by molar-refractivity contribution is -0.136. The number of hydrogen-bond acceptors (Lipinski definition) is 3. The number of primary amides is 1. The second kappa shape index (κ2) is 5.94. The van der Waals surface area contributed by atoms with Gasteiger partial charge in [0.05, 0.1) is 11.8 Å². The van der Waals surface area contributed by atoms with Gasteiger partial charge in [0.2, 0.25) is 11.8 Å². The number of nitrogens with two attached hydrogens (primary N) is 2. The molecule has 1 aliphatic rings. The van der Waals surface area contributed by atoms with E-state index in [1.165, 1.54) is 0 Å². The van der Waals surface area contributed by atoms with Crippen LogP contribution in [0.2, 0.25) is 0 Å². The van der Waals surface area contributed by atoms with Crippen LogP contribution in [0.25, 0.3) is 0 Å². The van der Waals surface area contributed by atoms with E-state index in [9.17, 15) is 9.59 Å². The van der Waals surface area contributed by atoms with Gasteiger partial charge in [0.15, 0.2) is 0 Å². The van der Waals surface area contributed by atoms with Crippen LogP contribution >= 0.6 is 0 Å². The average Bonchev–Trinajstić information content (AvgIpc) is 2.45. The number of carbonyl (C=O) groups excluding carboxylic acids is 2. The van der Waals surface area contributed by atoms with Crippen molar-refractivity contribution in [2.24, 2.45) is 11.7 Å². The van der Waals surface area contributed by atoms with Gasteiger partial charge in [-0.1, -0.05) is 12.1 Å². The molecular formula is C15H21N3O2. The summed E-state index contributed by atoms with van der Waals surface area (Å²) in [5.41, 5.74) is 12.6. The molecule has 0 radical (unpaired) electrons. The van der Waals surface area contributed by atoms with Crippen molar-refractivity contribution >= 4 is 17.5 Å². The predicted octanol–water partition coefficient (Wildman–Crippen LogP) is 1.10.